The lowest BCUT2D eigenvalue weighted by Crippen LogP contribution is -2.32. The van der Waals surface area contributed by atoms with Crippen LogP contribution in [0.2, 0.25) is 5.28 Å². The highest BCUT2D eigenvalue weighted by atomic mass is 35.5. The Hall–Kier alpha value is -3.30. The summed E-state index contributed by atoms with van der Waals surface area (Å²) in [4.78, 5) is 26.8. The molecule has 0 spiro atoms. The molecule has 9 nitrogen and oxygen atoms in total. The number of likely N-dealkylation sites (N-methyl/N-ethyl adjacent to an activating group) is 1. The second-order valence-corrected chi connectivity index (χ2v) is 6.88. The van der Waals surface area contributed by atoms with Crippen molar-refractivity contribution in [3.05, 3.63) is 65.1 Å². The minimum Gasteiger partial charge on any atom is -0.475 e. The summed E-state index contributed by atoms with van der Waals surface area (Å²) in [6.45, 7) is 3.82. The summed E-state index contributed by atoms with van der Waals surface area (Å²) in [6, 6.07) is 3.17. The highest BCUT2D eigenvalue weighted by Gasteiger charge is 2.18. The molecule has 0 radical (unpaired) electrons. The molecule has 3 rings (SSSR count). The summed E-state index contributed by atoms with van der Waals surface area (Å²) >= 11 is 5.60. The molecule has 0 saturated carbocycles. The smallest absolute Gasteiger partial charge is 0.224 e. The molecule has 0 bridgehead atoms. The number of pyridine rings is 1. The van der Waals surface area contributed by atoms with E-state index in [1.54, 1.807) is 19.2 Å². The number of ether oxygens (including phenoxy) is 1. The van der Waals surface area contributed by atoms with Gasteiger partial charge in [0.05, 0.1) is 48.6 Å². The fraction of sp³-hybridized carbons (Fsp3) is 0.286. The third-order valence-corrected chi connectivity index (χ3v) is 4.04. The molecule has 2 aromatic rings. The van der Waals surface area contributed by atoms with Crippen molar-refractivity contribution in [1.29, 1.82) is 0 Å². The summed E-state index contributed by atoms with van der Waals surface area (Å²) in [5, 5.41) is 5.64. The van der Waals surface area contributed by atoms with Crippen LogP contribution in [0.15, 0.2) is 54.0 Å². The molecule has 0 fully saturated rings. The zero-order valence-corrected chi connectivity index (χ0v) is 18.8. The Labute approximate surface area is 190 Å². The van der Waals surface area contributed by atoms with Gasteiger partial charge in [0, 0.05) is 13.1 Å². The zero-order chi connectivity index (χ0) is 23.5. The molecular weight excluding hydrogens is 439 g/mol. The Morgan fingerprint density at radius 1 is 1.25 bits per heavy atom. The number of aromatic nitrogens is 3. The van der Waals surface area contributed by atoms with Crippen LogP contribution in [0.5, 0.6) is 5.88 Å². The van der Waals surface area contributed by atoms with Crippen molar-refractivity contribution in [2.75, 3.05) is 19.5 Å². The topological polar surface area (TPSA) is 110 Å². The van der Waals surface area contributed by atoms with Crippen molar-refractivity contribution < 1.29 is 18.8 Å². The Morgan fingerprint density at radius 2 is 2.03 bits per heavy atom. The average molecular weight is 463 g/mol. The Kier molecular flexibility index (Phi) is 9.77. The van der Waals surface area contributed by atoms with Crippen molar-refractivity contribution in [3.63, 3.8) is 0 Å². The molecule has 2 aromatic heterocycles. The second-order valence-electron chi connectivity index (χ2n) is 6.54. The largest absolute Gasteiger partial charge is 0.475 e. The Bertz CT molecular complexity index is 1010. The van der Waals surface area contributed by atoms with Gasteiger partial charge < -0.3 is 20.2 Å². The molecule has 2 heterocycles. The fourth-order valence-electron chi connectivity index (χ4n) is 2.51. The predicted molar refractivity (Wildman–Crippen MR) is 120 cm³/mol. The minimum absolute atomic E-state index is 0.000622. The molecule has 170 valence electrons. The number of allylic oxidation sites excluding steroid dienone is 2. The van der Waals surface area contributed by atoms with Crippen LogP contribution >= 0.6 is 11.6 Å². The summed E-state index contributed by atoms with van der Waals surface area (Å²) in [7, 11) is 3.26. The van der Waals surface area contributed by atoms with Crippen molar-refractivity contribution in [3.8, 4) is 5.88 Å². The van der Waals surface area contributed by atoms with Gasteiger partial charge >= 0.3 is 0 Å². The standard InChI is InChI=1S/C12H12ClFN4O.C9H12N2O2/c1-7(2)19-10-4-3-8(5-15-10)17-11-9(14)6-16-12(13)18-11;1-10-8-4-3-5-9(11-13-2)7(8)6-12/h3-7H,1-2H3,(H,16,17,18);3-5,9-11H,1-2H3. The highest BCUT2D eigenvalue weighted by molar-refractivity contribution is 6.28. The molecule has 0 amide bonds. The van der Waals surface area contributed by atoms with Crippen LogP contribution in [0.1, 0.15) is 13.8 Å². The monoisotopic (exact) mass is 462 g/mol. The molecule has 0 saturated heterocycles. The Balaban J connectivity index is 0.000000244. The van der Waals surface area contributed by atoms with E-state index < -0.39 is 5.82 Å². The molecule has 3 N–H and O–H groups in total. The summed E-state index contributed by atoms with van der Waals surface area (Å²) in [5.74, 6) is 1.79. The number of halogens is 2. The van der Waals surface area contributed by atoms with Gasteiger partial charge in [-0.15, -0.1) is 0 Å². The maximum Gasteiger partial charge on any atom is 0.224 e. The van der Waals surface area contributed by atoms with Gasteiger partial charge in [0.25, 0.3) is 0 Å². The maximum atomic E-state index is 13.4. The van der Waals surface area contributed by atoms with Crippen LogP contribution in [0.25, 0.3) is 0 Å². The predicted octanol–water partition coefficient (Wildman–Crippen LogP) is 3.13. The molecule has 1 aliphatic carbocycles. The van der Waals surface area contributed by atoms with Crippen molar-refractivity contribution >= 4 is 29.0 Å². The van der Waals surface area contributed by atoms with Gasteiger partial charge in [-0.2, -0.15) is 10.5 Å². The molecule has 32 heavy (non-hydrogen) atoms. The summed E-state index contributed by atoms with van der Waals surface area (Å²) in [6.07, 6.45) is 8.06. The van der Waals surface area contributed by atoms with Gasteiger partial charge in [0.1, 0.15) is 5.94 Å². The van der Waals surface area contributed by atoms with E-state index in [9.17, 15) is 9.18 Å². The van der Waals surface area contributed by atoms with Gasteiger partial charge in [-0.05, 0) is 37.6 Å². The van der Waals surface area contributed by atoms with E-state index in [-0.39, 0.29) is 23.2 Å². The maximum absolute atomic E-state index is 13.4. The van der Waals surface area contributed by atoms with Gasteiger partial charge in [0.2, 0.25) is 11.2 Å². The first kappa shape index (κ1) is 25.0. The number of hydroxylamine groups is 1. The first-order valence-corrected chi connectivity index (χ1v) is 9.93. The van der Waals surface area contributed by atoms with E-state index in [1.165, 1.54) is 13.3 Å². The first-order valence-electron chi connectivity index (χ1n) is 9.55. The highest BCUT2D eigenvalue weighted by Crippen LogP contribution is 2.20. The van der Waals surface area contributed by atoms with E-state index in [4.69, 9.17) is 21.2 Å². The molecule has 0 aromatic carbocycles. The number of rotatable bonds is 7. The number of hydrogen-bond acceptors (Lipinski definition) is 9. The summed E-state index contributed by atoms with van der Waals surface area (Å²) < 4.78 is 18.8. The molecule has 1 aliphatic rings. The number of nitrogens with zero attached hydrogens (tertiary/aromatic N) is 3. The van der Waals surface area contributed by atoms with Gasteiger partial charge in [0.15, 0.2) is 11.6 Å². The number of carbonyl (C=O) groups excluding carboxylic acids is 1. The van der Waals surface area contributed by atoms with Crippen molar-refractivity contribution in [2.24, 2.45) is 0 Å². The third-order valence-electron chi connectivity index (χ3n) is 3.86. The van der Waals surface area contributed by atoms with Gasteiger partial charge in [-0.3, -0.25) is 0 Å². The molecule has 1 unspecified atom stereocenters. The SMILES string of the molecule is CC(C)Oc1ccc(Nc2nc(Cl)ncc2F)cn1.CNC1=CC=CC(NOC)C1=C=O. The molecule has 0 aliphatic heterocycles. The first-order chi connectivity index (χ1) is 15.4. The average Bonchev–Trinajstić information content (AvgIpc) is 2.77. The third kappa shape index (κ3) is 7.44. The minimum atomic E-state index is -0.591. The van der Waals surface area contributed by atoms with Crippen molar-refractivity contribution in [2.45, 2.75) is 26.0 Å². The molecular formula is C21H24ClFN6O3. The van der Waals surface area contributed by atoms with Gasteiger partial charge in [-0.1, -0.05) is 12.2 Å². The fourth-order valence-corrected chi connectivity index (χ4v) is 2.65. The lowest BCUT2D eigenvalue weighted by atomic mass is 10.0. The van der Waals surface area contributed by atoms with Crippen LogP contribution < -0.4 is 20.9 Å². The molecule has 1 atom stereocenters. The zero-order valence-electron chi connectivity index (χ0n) is 18.0. The molecule has 11 heteroatoms. The van der Waals surface area contributed by atoms with E-state index in [0.29, 0.717) is 17.1 Å². The number of anilines is 2. The quantitative estimate of drug-likeness (QED) is 0.324. The number of hydrogen-bond donors (Lipinski definition) is 3. The normalized spacial score (nSPS) is 14.8. The lowest BCUT2D eigenvalue weighted by molar-refractivity contribution is 0.0825. The van der Waals surface area contributed by atoms with Crippen LogP contribution in [0.3, 0.4) is 0 Å². The van der Waals surface area contributed by atoms with Crippen molar-refractivity contribution in [1.82, 2.24) is 25.7 Å². The van der Waals surface area contributed by atoms with E-state index in [2.05, 4.69) is 31.1 Å². The van der Waals surface area contributed by atoms with Crippen LogP contribution in [0, 0.1) is 5.82 Å². The number of nitrogens with one attached hydrogen (secondary N) is 3. The van der Waals surface area contributed by atoms with Gasteiger partial charge in [-0.25, -0.2) is 19.2 Å². The van der Waals surface area contributed by atoms with E-state index >= 15 is 0 Å². The lowest BCUT2D eigenvalue weighted by Gasteiger charge is -2.19. The van der Waals surface area contributed by atoms with Crippen LogP contribution in [-0.4, -0.2) is 47.2 Å². The second kappa shape index (κ2) is 12.5. The Morgan fingerprint density at radius 3 is 2.62 bits per heavy atom. The van der Waals surface area contributed by atoms with E-state index in [0.717, 1.165) is 11.9 Å². The van der Waals surface area contributed by atoms with Crippen LogP contribution in [0.4, 0.5) is 15.9 Å². The van der Waals surface area contributed by atoms with Crippen LogP contribution in [-0.2, 0) is 9.63 Å². The van der Waals surface area contributed by atoms with E-state index in [1.807, 2.05) is 38.0 Å². The summed E-state index contributed by atoms with van der Waals surface area (Å²) in [5.41, 5.74) is 4.53.